The Morgan fingerprint density at radius 1 is 0.600 bits per heavy atom. The average molecular weight is 548 g/mol. The van der Waals surface area contributed by atoms with Crippen molar-refractivity contribution >= 4 is 45.9 Å². The Bertz CT molecular complexity index is 1620. The van der Waals surface area contributed by atoms with Crippen LogP contribution in [-0.4, -0.2) is 19.9 Å². The summed E-state index contributed by atoms with van der Waals surface area (Å²) in [5.74, 6) is -1.24. The molecule has 35 heavy (non-hydrogen) atoms. The number of rotatable bonds is 1. The third-order valence-electron chi connectivity index (χ3n) is 5.39. The van der Waals surface area contributed by atoms with Gasteiger partial charge in [-0.15, -0.1) is 0 Å². The molecule has 175 valence electrons. The summed E-state index contributed by atoms with van der Waals surface area (Å²) >= 11 is 0. The molecule has 5 heterocycles. The van der Waals surface area contributed by atoms with E-state index in [4.69, 9.17) is 4.98 Å². The summed E-state index contributed by atoms with van der Waals surface area (Å²) in [6.45, 7) is 0. The Hall–Kier alpha value is -3.22. The van der Waals surface area contributed by atoms with Gasteiger partial charge in [0.2, 0.25) is 0 Å². The smallest absolute Gasteiger partial charge is 1.00 e. The largest absolute Gasteiger partial charge is 2.00 e. The standard InChI is InChI=1S/C26H16F2N4.2ClH.Mn/c27-15-1-8-23(25(28)9-15)24-13-22-12-20-5-4-18(30-20)10-16-2-3-17(29-16)11-19-6-7-21(31-19)14-26(24)32-22;;;/h1-14,30-31H;2*1H;/q;;;+2/p-2. The Morgan fingerprint density at radius 2 is 1.14 bits per heavy atom. The zero-order chi connectivity index (χ0) is 21.7. The number of nitrogens with one attached hydrogen (secondary N) is 2. The molecule has 1 radical (unpaired) electrons. The molecule has 6 rings (SSSR count). The number of fused-ring (bicyclic) bond motifs is 8. The maximum Gasteiger partial charge on any atom is 2.00 e. The monoisotopic (exact) mass is 547 g/mol. The minimum absolute atomic E-state index is 0. The molecule has 2 aliphatic rings. The van der Waals surface area contributed by atoms with E-state index in [1.807, 2.05) is 66.8 Å². The molecule has 0 unspecified atom stereocenters. The first kappa shape index (κ1) is 26.4. The SMILES string of the molecule is Fc1ccc(C2=Cc3cc4ccc(cc5nc(cc6ccc(cc2n3)[nH]6)C=C5)[nH]4)c(F)c1.[Cl-].[Cl-].[Mn+2]. The molecule has 0 amide bonds. The molecule has 1 aromatic carbocycles. The molecule has 0 fully saturated rings. The fraction of sp³-hybridized carbons (Fsp3) is 0. The topological polar surface area (TPSA) is 57.4 Å². The van der Waals surface area contributed by atoms with Crippen LogP contribution in [0.3, 0.4) is 0 Å². The molecular formula is C26H16Cl2F2MnN4. The van der Waals surface area contributed by atoms with E-state index >= 15 is 0 Å². The number of H-pyrrole nitrogens is 2. The minimum atomic E-state index is -0.625. The van der Waals surface area contributed by atoms with Gasteiger partial charge in [-0.25, -0.2) is 18.7 Å². The van der Waals surface area contributed by atoms with Gasteiger partial charge in [0.15, 0.2) is 0 Å². The summed E-state index contributed by atoms with van der Waals surface area (Å²) in [7, 11) is 0. The predicted octanol–water partition coefficient (Wildman–Crippen LogP) is 0.358. The van der Waals surface area contributed by atoms with E-state index in [2.05, 4.69) is 15.0 Å². The second-order valence-corrected chi connectivity index (χ2v) is 7.71. The number of aromatic amines is 2. The average Bonchev–Trinajstić information content (AvgIpc) is 3.53. The molecule has 0 saturated carbocycles. The number of hydrogen-bond donors (Lipinski definition) is 2. The molecule has 4 nitrogen and oxygen atoms in total. The zero-order valence-electron chi connectivity index (χ0n) is 17.9. The molecule has 0 atom stereocenters. The third kappa shape index (κ3) is 5.39. The first-order valence-corrected chi connectivity index (χ1v) is 10.1. The van der Waals surface area contributed by atoms with Gasteiger partial charge < -0.3 is 34.8 Å². The van der Waals surface area contributed by atoms with Gasteiger partial charge in [0.1, 0.15) is 11.6 Å². The van der Waals surface area contributed by atoms with Crippen molar-refractivity contribution in [1.82, 2.24) is 19.9 Å². The van der Waals surface area contributed by atoms with Crippen molar-refractivity contribution in [3.8, 4) is 0 Å². The summed E-state index contributed by atoms with van der Waals surface area (Å²) in [6.07, 6.45) is 5.74. The molecular weight excluding hydrogens is 532 g/mol. The summed E-state index contributed by atoms with van der Waals surface area (Å²) in [4.78, 5) is 16.0. The van der Waals surface area contributed by atoms with Crippen LogP contribution >= 0.6 is 0 Å². The van der Waals surface area contributed by atoms with Crippen LogP contribution in [0.4, 0.5) is 8.78 Å². The summed E-state index contributed by atoms with van der Waals surface area (Å²) in [5, 5.41) is 0. The van der Waals surface area contributed by atoms with Gasteiger partial charge in [-0.1, -0.05) is 0 Å². The molecule has 2 aliphatic heterocycles. The van der Waals surface area contributed by atoms with Crippen LogP contribution in [0.15, 0.2) is 66.7 Å². The molecule has 0 saturated heterocycles. The molecule has 8 bridgehead atoms. The van der Waals surface area contributed by atoms with Gasteiger partial charge in [0, 0.05) is 39.3 Å². The van der Waals surface area contributed by atoms with Crippen molar-refractivity contribution in [2.75, 3.05) is 0 Å². The van der Waals surface area contributed by atoms with Gasteiger partial charge in [0.05, 0.1) is 22.8 Å². The summed E-state index contributed by atoms with van der Waals surface area (Å²) in [5.41, 5.74) is 7.35. The first-order valence-electron chi connectivity index (χ1n) is 10.1. The Morgan fingerprint density at radius 3 is 1.71 bits per heavy atom. The summed E-state index contributed by atoms with van der Waals surface area (Å²) < 4.78 is 28.1. The second kappa shape index (κ2) is 10.6. The Labute approximate surface area is 222 Å². The second-order valence-electron chi connectivity index (χ2n) is 7.71. The van der Waals surface area contributed by atoms with Gasteiger partial charge in [-0.05, 0) is 78.9 Å². The van der Waals surface area contributed by atoms with Crippen molar-refractivity contribution in [3.05, 3.63) is 107 Å². The van der Waals surface area contributed by atoms with Crippen LogP contribution in [0, 0.1) is 11.6 Å². The van der Waals surface area contributed by atoms with Gasteiger partial charge in [0.25, 0.3) is 0 Å². The van der Waals surface area contributed by atoms with Crippen LogP contribution in [0.2, 0.25) is 0 Å². The maximum atomic E-state index is 14.6. The fourth-order valence-corrected chi connectivity index (χ4v) is 3.94. The van der Waals surface area contributed by atoms with E-state index in [0.717, 1.165) is 39.5 Å². The van der Waals surface area contributed by atoms with E-state index < -0.39 is 11.6 Å². The fourth-order valence-electron chi connectivity index (χ4n) is 3.94. The first-order chi connectivity index (χ1) is 15.6. The van der Waals surface area contributed by atoms with Crippen molar-refractivity contribution < 1.29 is 50.7 Å². The van der Waals surface area contributed by atoms with Gasteiger partial charge in [-0.2, -0.15) is 0 Å². The van der Waals surface area contributed by atoms with Crippen LogP contribution in [0.5, 0.6) is 0 Å². The van der Waals surface area contributed by atoms with Crippen LogP contribution in [0.25, 0.3) is 45.9 Å². The molecule has 0 aliphatic carbocycles. The van der Waals surface area contributed by atoms with E-state index in [1.165, 1.54) is 12.1 Å². The van der Waals surface area contributed by atoms with Gasteiger partial charge >= 0.3 is 17.1 Å². The summed E-state index contributed by atoms with van der Waals surface area (Å²) in [6, 6.07) is 19.1. The van der Waals surface area contributed by atoms with Crippen LogP contribution < -0.4 is 24.8 Å². The Balaban J connectivity index is 0.00000114. The molecule has 9 heteroatoms. The van der Waals surface area contributed by atoms with Crippen molar-refractivity contribution in [1.29, 1.82) is 0 Å². The number of benzene rings is 1. The number of hydrogen-bond acceptors (Lipinski definition) is 2. The van der Waals surface area contributed by atoms with Crippen molar-refractivity contribution in [2.45, 2.75) is 0 Å². The van der Waals surface area contributed by atoms with Crippen LogP contribution in [-0.2, 0) is 17.1 Å². The maximum absolute atomic E-state index is 14.6. The minimum Gasteiger partial charge on any atom is -1.00 e. The van der Waals surface area contributed by atoms with Crippen molar-refractivity contribution in [3.63, 3.8) is 0 Å². The quantitative estimate of drug-likeness (QED) is 0.292. The zero-order valence-corrected chi connectivity index (χ0v) is 20.6. The van der Waals surface area contributed by atoms with E-state index in [0.29, 0.717) is 22.5 Å². The molecule has 2 N–H and O–H groups in total. The van der Waals surface area contributed by atoms with Crippen molar-refractivity contribution in [2.24, 2.45) is 0 Å². The number of nitrogens with zero attached hydrogens (tertiary/aromatic N) is 2. The Kier molecular flexibility index (Phi) is 7.98. The molecule has 4 aromatic rings. The number of aromatic nitrogens is 4. The normalized spacial score (nSPS) is 11.7. The van der Waals surface area contributed by atoms with Gasteiger partial charge in [-0.3, -0.25) is 0 Å². The third-order valence-corrected chi connectivity index (χ3v) is 5.39. The van der Waals surface area contributed by atoms with E-state index in [1.54, 1.807) is 0 Å². The van der Waals surface area contributed by atoms with E-state index in [-0.39, 0.29) is 41.9 Å². The molecule has 0 spiro atoms. The van der Waals surface area contributed by atoms with E-state index in [9.17, 15) is 8.78 Å². The number of halogens is 4. The predicted molar refractivity (Wildman–Crippen MR) is 123 cm³/mol. The molecule has 3 aromatic heterocycles. The van der Waals surface area contributed by atoms with Crippen LogP contribution in [0.1, 0.15) is 28.3 Å².